The molecule has 2 aromatic carbocycles. The zero-order chi connectivity index (χ0) is 22.3. The SMILES string of the molecule is CCOC(=O)c1ccc(-c2ccc(/C=N/NC(=O)c3ccccc3-n3cccc3)o2)cc1. The van der Waals surface area contributed by atoms with Crippen LogP contribution < -0.4 is 5.43 Å². The van der Waals surface area contributed by atoms with Crippen LogP contribution in [0.2, 0.25) is 0 Å². The standard InChI is InChI=1S/C25H21N3O4/c1-2-31-25(30)19-11-9-18(10-12-19)23-14-13-20(32-23)17-26-27-24(29)21-7-3-4-8-22(21)28-15-5-6-16-28/h3-17H,2H2,1H3,(H,27,29)/b26-17+. The first-order valence-electron chi connectivity index (χ1n) is 10.1. The number of carbonyl (C=O) groups excluding carboxylic acids is 2. The molecule has 0 aliphatic rings. The third kappa shape index (κ3) is 4.67. The fraction of sp³-hybridized carbons (Fsp3) is 0.0800. The van der Waals surface area contributed by atoms with Gasteiger partial charge in [-0.1, -0.05) is 24.3 Å². The van der Waals surface area contributed by atoms with Gasteiger partial charge in [0.25, 0.3) is 5.91 Å². The van der Waals surface area contributed by atoms with Crippen LogP contribution >= 0.6 is 0 Å². The zero-order valence-electron chi connectivity index (χ0n) is 17.4. The van der Waals surface area contributed by atoms with Crippen LogP contribution in [0.3, 0.4) is 0 Å². The second kappa shape index (κ2) is 9.61. The molecule has 0 fully saturated rings. The van der Waals surface area contributed by atoms with E-state index < -0.39 is 0 Å². The molecule has 0 atom stereocenters. The van der Waals surface area contributed by atoms with Crippen molar-refractivity contribution in [3.05, 3.63) is 102 Å². The number of para-hydroxylation sites is 1. The first-order valence-corrected chi connectivity index (χ1v) is 10.1. The van der Waals surface area contributed by atoms with Gasteiger partial charge in [-0.3, -0.25) is 4.79 Å². The fourth-order valence-electron chi connectivity index (χ4n) is 3.16. The summed E-state index contributed by atoms with van der Waals surface area (Å²) in [6.07, 6.45) is 5.19. The van der Waals surface area contributed by atoms with Crippen LogP contribution in [0.5, 0.6) is 0 Å². The lowest BCUT2D eigenvalue weighted by atomic mass is 10.1. The maximum absolute atomic E-state index is 12.6. The van der Waals surface area contributed by atoms with Crippen LogP contribution in [-0.4, -0.2) is 29.3 Å². The predicted molar refractivity (Wildman–Crippen MR) is 121 cm³/mol. The average Bonchev–Trinajstić information content (AvgIpc) is 3.52. The van der Waals surface area contributed by atoms with E-state index >= 15 is 0 Å². The largest absolute Gasteiger partial charge is 0.462 e. The molecule has 7 heteroatoms. The highest BCUT2D eigenvalue weighted by molar-refractivity contribution is 5.98. The summed E-state index contributed by atoms with van der Waals surface area (Å²) in [5, 5.41) is 4.02. The number of benzene rings is 2. The van der Waals surface area contributed by atoms with Crippen LogP contribution in [0, 0.1) is 0 Å². The normalized spacial score (nSPS) is 10.9. The van der Waals surface area contributed by atoms with Crippen molar-refractivity contribution in [3.63, 3.8) is 0 Å². The summed E-state index contributed by atoms with van der Waals surface area (Å²) in [5.74, 6) is 0.409. The van der Waals surface area contributed by atoms with Gasteiger partial charge >= 0.3 is 5.97 Å². The van der Waals surface area contributed by atoms with Gasteiger partial charge < -0.3 is 13.7 Å². The first-order chi connectivity index (χ1) is 15.7. The van der Waals surface area contributed by atoms with E-state index in [1.165, 1.54) is 6.21 Å². The Morgan fingerprint density at radius 1 is 1.00 bits per heavy atom. The lowest BCUT2D eigenvalue weighted by Crippen LogP contribution is -2.19. The molecule has 160 valence electrons. The Kier molecular flexibility index (Phi) is 6.27. The van der Waals surface area contributed by atoms with Crippen LogP contribution in [0.15, 0.2) is 94.7 Å². The molecule has 0 saturated heterocycles. The van der Waals surface area contributed by atoms with Gasteiger partial charge in [0.15, 0.2) is 0 Å². The third-order valence-corrected chi connectivity index (χ3v) is 4.70. The van der Waals surface area contributed by atoms with E-state index in [-0.39, 0.29) is 11.9 Å². The van der Waals surface area contributed by atoms with Crippen LogP contribution in [0.1, 0.15) is 33.4 Å². The Morgan fingerprint density at radius 2 is 1.75 bits per heavy atom. The van der Waals surface area contributed by atoms with Crippen molar-refractivity contribution >= 4 is 18.1 Å². The Morgan fingerprint density at radius 3 is 2.50 bits per heavy atom. The topological polar surface area (TPSA) is 85.8 Å². The number of ether oxygens (including phenoxy) is 1. The first kappa shape index (κ1) is 20.9. The summed E-state index contributed by atoms with van der Waals surface area (Å²) in [6, 6.07) is 21.6. The van der Waals surface area contributed by atoms with Crippen LogP contribution in [0.25, 0.3) is 17.0 Å². The molecule has 2 aromatic heterocycles. The lowest BCUT2D eigenvalue weighted by molar-refractivity contribution is 0.0526. The molecule has 2 heterocycles. The van der Waals surface area contributed by atoms with Gasteiger partial charge in [0.2, 0.25) is 0 Å². The van der Waals surface area contributed by atoms with Crippen molar-refractivity contribution in [2.75, 3.05) is 6.61 Å². The lowest BCUT2D eigenvalue weighted by Gasteiger charge is -2.08. The number of nitrogens with one attached hydrogen (secondary N) is 1. The maximum atomic E-state index is 12.6. The third-order valence-electron chi connectivity index (χ3n) is 4.70. The minimum atomic E-state index is -0.361. The minimum absolute atomic E-state index is 0.327. The molecule has 1 amide bonds. The van der Waals surface area contributed by atoms with Crippen molar-refractivity contribution in [3.8, 4) is 17.0 Å². The molecule has 4 aromatic rings. The molecule has 0 aliphatic carbocycles. The van der Waals surface area contributed by atoms with Crippen LogP contribution in [-0.2, 0) is 4.74 Å². The molecule has 4 rings (SSSR count). The van der Waals surface area contributed by atoms with E-state index in [4.69, 9.17) is 9.15 Å². The number of esters is 1. The number of carbonyl (C=O) groups is 2. The smallest absolute Gasteiger partial charge is 0.338 e. The Bertz CT molecular complexity index is 1240. The second-order valence-electron chi connectivity index (χ2n) is 6.81. The summed E-state index contributed by atoms with van der Waals surface area (Å²) in [6.45, 7) is 2.09. The highest BCUT2D eigenvalue weighted by Crippen LogP contribution is 2.22. The number of aromatic nitrogens is 1. The van der Waals surface area contributed by atoms with Gasteiger partial charge in [-0.25, -0.2) is 10.2 Å². The number of amides is 1. The highest BCUT2D eigenvalue weighted by Gasteiger charge is 2.11. The van der Waals surface area contributed by atoms with Crippen molar-refractivity contribution in [1.29, 1.82) is 0 Å². The van der Waals surface area contributed by atoms with Gasteiger partial charge in [-0.2, -0.15) is 5.10 Å². The Hall–Kier alpha value is -4.39. The summed E-state index contributed by atoms with van der Waals surface area (Å²) >= 11 is 0. The molecule has 0 radical (unpaired) electrons. The maximum Gasteiger partial charge on any atom is 0.338 e. The number of hydrogen-bond acceptors (Lipinski definition) is 5. The fourth-order valence-corrected chi connectivity index (χ4v) is 3.16. The molecule has 0 bridgehead atoms. The molecule has 0 saturated carbocycles. The molecule has 7 nitrogen and oxygen atoms in total. The quantitative estimate of drug-likeness (QED) is 0.264. The zero-order valence-corrected chi connectivity index (χ0v) is 17.4. The molecule has 0 aliphatic heterocycles. The average molecular weight is 427 g/mol. The monoisotopic (exact) mass is 427 g/mol. The van der Waals surface area contributed by atoms with Crippen molar-refractivity contribution in [2.45, 2.75) is 6.92 Å². The molecule has 1 N–H and O–H groups in total. The number of hydrazone groups is 1. The summed E-state index contributed by atoms with van der Waals surface area (Å²) in [4.78, 5) is 24.4. The minimum Gasteiger partial charge on any atom is -0.462 e. The summed E-state index contributed by atoms with van der Waals surface area (Å²) < 4.78 is 12.6. The van der Waals surface area contributed by atoms with Gasteiger partial charge in [0.05, 0.1) is 29.6 Å². The van der Waals surface area contributed by atoms with E-state index in [9.17, 15) is 9.59 Å². The van der Waals surface area contributed by atoms with Gasteiger partial charge in [-0.15, -0.1) is 0 Å². The summed E-state index contributed by atoms with van der Waals surface area (Å²) in [5.41, 5.74) is 5.09. The van der Waals surface area contributed by atoms with E-state index in [2.05, 4.69) is 10.5 Å². The van der Waals surface area contributed by atoms with E-state index in [0.717, 1.165) is 11.3 Å². The predicted octanol–water partition coefficient (Wildman–Crippen LogP) is 4.68. The van der Waals surface area contributed by atoms with E-state index in [0.29, 0.717) is 29.3 Å². The van der Waals surface area contributed by atoms with Gasteiger partial charge in [-0.05, 0) is 55.5 Å². The van der Waals surface area contributed by atoms with Crippen molar-refractivity contribution in [1.82, 2.24) is 9.99 Å². The van der Waals surface area contributed by atoms with E-state index in [1.54, 1.807) is 55.5 Å². The number of furan rings is 1. The molecular weight excluding hydrogens is 406 g/mol. The number of hydrogen-bond donors (Lipinski definition) is 1. The van der Waals surface area contributed by atoms with E-state index in [1.807, 2.05) is 41.2 Å². The number of rotatable bonds is 7. The van der Waals surface area contributed by atoms with Crippen molar-refractivity contribution < 1.29 is 18.7 Å². The Balaban J connectivity index is 1.42. The Labute approximate surface area is 184 Å². The molecular formula is C25H21N3O4. The number of nitrogens with zero attached hydrogens (tertiary/aromatic N) is 2. The summed E-state index contributed by atoms with van der Waals surface area (Å²) in [7, 11) is 0. The second-order valence-corrected chi connectivity index (χ2v) is 6.81. The molecule has 32 heavy (non-hydrogen) atoms. The van der Waals surface area contributed by atoms with Crippen LogP contribution in [0.4, 0.5) is 0 Å². The van der Waals surface area contributed by atoms with Gasteiger partial charge in [0, 0.05) is 18.0 Å². The molecule has 0 spiro atoms. The van der Waals surface area contributed by atoms with Crippen molar-refractivity contribution in [2.24, 2.45) is 5.10 Å². The highest BCUT2D eigenvalue weighted by atomic mass is 16.5. The molecule has 0 unspecified atom stereocenters. The van der Waals surface area contributed by atoms with Gasteiger partial charge in [0.1, 0.15) is 11.5 Å².